The molecular weight excluding hydrogens is 178 g/mol. The van der Waals surface area contributed by atoms with Gasteiger partial charge >= 0.3 is 0 Å². The Balaban J connectivity index is 0.000000640. The Labute approximate surface area is 65.4 Å². The summed E-state index contributed by atoms with van der Waals surface area (Å²) in [5.74, 6) is 0. The van der Waals surface area contributed by atoms with E-state index in [-0.39, 0.29) is 17.0 Å². The lowest BCUT2D eigenvalue weighted by atomic mass is 10.5. The minimum Gasteiger partial charge on any atom is -0.174 e. The summed E-state index contributed by atoms with van der Waals surface area (Å²) in [7, 11) is 0. The van der Waals surface area contributed by atoms with Gasteiger partial charge in [0, 0.05) is 12.1 Å². The molecule has 0 aliphatic carbocycles. The predicted octanol–water partition coefficient (Wildman–Crippen LogP) is 1.65. The van der Waals surface area contributed by atoms with Crippen LogP contribution in [-0.2, 0) is 0 Å². The van der Waals surface area contributed by atoms with Crippen LogP contribution in [-0.4, -0.2) is 0 Å². The largest absolute Gasteiger partial charge is 0.174 e. The van der Waals surface area contributed by atoms with Gasteiger partial charge in [0.2, 0.25) is 0 Å². The minimum atomic E-state index is 0. The molecule has 0 atom stereocenters. The van der Waals surface area contributed by atoms with Crippen LogP contribution in [0.25, 0.3) is 6.20 Å². The summed E-state index contributed by atoms with van der Waals surface area (Å²) in [5, 5.41) is 0. The van der Waals surface area contributed by atoms with Gasteiger partial charge in [-0.05, 0) is 6.58 Å². The summed E-state index contributed by atoms with van der Waals surface area (Å²) in [6.07, 6.45) is 5.62. The lowest BCUT2D eigenvalue weighted by molar-refractivity contribution is -0.567. The van der Waals surface area contributed by atoms with Crippen molar-refractivity contribution in [2.45, 2.75) is 0 Å². The van der Waals surface area contributed by atoms with Crippen LogP contribution in [0.2, 0.25) is 0 Å². The van der Waals surface area contributed by atoms with E-state index >= 15 is 0 Å². The quantitative estimate of drug-likeness (QED) is 0.588. The molecule has 48 valence electrons. The van der Waals surface area contributed by atoms with E-state index in [0.717, 1.165) is 0 Å². The van der Waals surface area contributed by atoms with E-state index in [1.54, 1.807) is 6.20 Å². The standard InChI is InChI=1S/C7H8N.BrH/c1-2-8-6-4-3-5-7-8;/h2-7H,1H2;1H/q+1;. The Bertz CT molecular complexity index is 172. The van der Waals surface area contributed by atoms with Crippen molar-refractivity contribution in [3.8, 4) is 0 Å². The van der Waals surface area contributed by atoms with E-state index in [4.69, 9.17) is 0 Å². The van der Waals surface area contributed by atoms with Crippen molar-refractivity contribution >= 4 is 23.2 Å². The molecule has 1 nitrogen and oxygen atoms in total. The fraction of sp³-hybridized carbons (Fsp3) is 0. The van der Waals surface area contributed by atoms with Gasteiger partial charge in [-0.25, -0.2) is 0 Å². The smallest absolute Gasteiger partial charge is 0.174 e. The van der Waals surface area contributed by atoms with Gasteiger partial charge in [0.25, 0.3) is 0 Å². The van der Waals surface area contributed by atoms with E-state index < -0.39 is 0 Å². The molecule has 1 heterocycles. The lowest BCUT2D eigenvalue weighted by Crippen LogP contribution is -2.22. The van der Waals surface area contributed by atoms with Crippen LogP contribution in [0, 0.1) is 0 Å². The third-order valence-corrected chi connectivity index (χ3v) is 0.949. The third kappa shape index (κ3) is 2.42. The average Bonchev–Trinajstić information content (AvgIpc) is 1.90. The lowest BCUT2D eigenvalue weighted by Gasteiger charge is -1.79. The number of rotatable bonds is 1. The monoisotopic (exact) mass is 186 g/mol. The van der Waals surface area contributed by atoms with Gasteiger partial charge in [0.1, 0.15) is 0 Å². The van der Waals surface area contributed by atoms with Crippen molar-refractivity contribution in [1.82, 2.24) is 0 Å². The number of hydrogen-bond donors (Lipinski definition) is 0. The summed E-state index contributed by atoms with van der Waals surface area (Å²) >= 11 is 0. The number of hydrogen-bond acceptors (Lipinski definition) is 0. The Morgan fingerprint density at radius 3 is 2.00 bits per heavy atom. The summed E-state index contributed by atoms with van der Waals surface area (Å²) in [6.45, 7) is 3.59. The Morgan fingerprint density at radius 1 is 1.11 bits per heavy atom. The summed E-state index contributed by atoms with van der Waals surface area (Å²) in [6, 6.07) is 5.89. The van der Waals surface area contributed by atoms with Gasteiger partial charge < -0.3 is 0 Å². The topological polar surface area (TPSA) is 3.88 Å². The SMILES string of the molecule is Br.C=C[n+]1ccccc1. The highest BCUT2D eigenvalue weighted by Gasteiger charge is 1.83. The zero-order valence-electron chi connectivity index (χ0n) is 5.03. The zero-order chi connectivity index (χ0) is 5.82. The van der Waals surface area contributed by atoms with Crippen molar-refractivity contribution in [2.24, 2.45) is 0 Å². The second kappa shape index (κ2) is 4.27. The van der Waals surface area contributed by atoms with Crippen LogP contribution in [0.4, 0.5) is 0 Å². The highest BCUT2D eigenvalue weighted by Crippen LogP contribution is 1.74. The molecule has 0 bridgehead atoms. The molecule has 1 aromatic heterocycles. The number of halogens is 1. The normalized spacial score (nSPS) is 7.56. The van der Waals surface area contributed by atoms with Gasteiger partial charge in [-0.3, -0.25) is 0 Å². The molecule has 0 amide bonds. The van der Waals surface area contributed by atoms with Crippen molar-refractivity contribution in [3.05, 3.63) is 37.2 Å². The first-order valence-corrected chi connectivity index (χ1v) is 2.52. The maximum Gasteiger partial charge on any atom is 0.174 e. The van der Waals surface area contributed by atoms with Crippen molar-refractivity contribution in [2.75, 3.05) is 0 Å². The molecule has 0 spiro atoms. The number of pyridine rings is 1. The molecule has 0 N–H and O–H groups in total. The van der Waals surface area contributed by atoms with E-state index in [1.165, 1.54) is 0 Å². The van der Waals surface area contributed by atoms with Crippen LogP contribution in [0.1, 0.15) is 0 Å². The van der Waals surface area contributed by atoms with Gasteiger partial charge in [-0.15, -0.1) is 17.0 Å². The molecule has 2 heteroatoms. The zero-order valence-corrected chi connectivity index (χ0v) is 6.74. The first-order chi connectivity index (χ1) is 3.93. The Morgan fingerprint density at radius 2 is 1.67 bits per heavy atom. The van der Waals surface area contributed by atoms with Crippen molar-refractivity contribution in [1.29, 1.82) is 0 Å². The third-order valence-electron chi connectivity index (χ3n) is 0.949. The Kier molecular flexibility index (Phi) is 3.97. The van der Waals surface area contributed by atoms with Crippen LogP contribution in [0.5, 0.6) is 0 Å². The van der Waals surface area contributed by atoms with Crippen molar-refractivity contribution < 1.29 is 4.57 Å². The molecule has 0 unspecified atom stereocenters. The Hall–Kier alpha value is -0.630. The molecule has 9 heavy (non-hydrogen) atoms. The molecule has 0 aliphatic rings. The average molecular weight is 187 g/mol. The highest BCUT2D eigenvalue weighted by molar-refractivity contribution is 8.93. The molecule has 1 aromatic rings. The first-order valence-electron chi connectivity index (χ1n) is 2.52. The molecular formula is C7H9BrN+. The predicted molar refractivity (Wildman–Crippen MR) is 43.3 cm³/mol. The van der Waals surface area contributed by atoms with Gasteiger partial charge in [0.15, 0.2) is 18.6 Å². The summed E-state index contributed by atoms with van der Waals surface area (Å²) in [4.78, 5) is 0. The molecule has 0 saturated heterocycles. The molecule has 0 aromatic carbocycles. The van der Waals surface area contributed by atoms with Crippen LogP contribution < -0.4 is 4.57 Å². The highest BCUT2D eigenvalue weighted by atomic mass is 79.9. The van der Waals surface area contributed by atoms with E-state index in [1.807, 2.05) is 35.2 Å². The minimum absolute atomic E-state index is 0. The molecule has 0 aliphatic heterocycles. The molecule has 0 fully saturated rings. The van der Waals surface area contributed by atoms with Gasteiger partial charge in [-0.2, -0.15) is 4.57 Å². The molecule has 0 radical (unpaired) electrons. The van der Waals surface area contributed by atoms with Crippen molar-refractivity contribution in [3.63, 3.8) is 0 Å². The van der Waals surface area contributed by atoms with Gasteiger partial charge in [0.05, 0.1) is 0 Å². The summed E-state index contributed by atoms with van der Waals surface area (Å²) in [5.41, 5.74) is 0. The molecule has 1 rings (SSSR count). The van der Waals surface area contributed by atoms with Crippen LogP contribution in [0.3, 0.4) is 0 Å². The van der Waals surface area contributed by atoms with E-state index in [0.29, 0.717) is 0 Å². The van der Waals surface area contributed by atoms with Crippen LogP contribution in [0.15, 0.2) is 37.2 Å². The fourth-order valence-corrected chi connectivity index (χ4v) is 0.534. The number of nitrogens with zero attached hydrogens (tertiary/aromatic N) is 1. The van der Waals surface area contributed by atoms with E-state index in [9.17, 15) is 0 Å². The molecule has 0 saturated carbocycles. The van der Waals surface area contributed by atoms with E-state index in [2.05, 4.69) is 6.58 Å². The maximum atomic E-state index is 3.59. The second-order valence-electron chi connectivity index (χ2n) is 1.51. The second-order valence-corrected chi connectivity index (χ2v) is 1.51. The van der Waals surface area contributed by atoms with Crippen LogP contribution >= 0.6 is 17.0 Å². The maximum absolute atomic E-state index is 3.59. The summed E-state index contributed by atoms with van der Waals surface area (Å²) < 4.78 is 1.89. The number of aromatic nitrogens is 1. The first kappa shape index (κ1) is 8.37. The fourth-order valence-electron chi connectivity index (χ4n) is 0.534. The van der Waals surface area contributed by atoms with Gasteiger partial charge in [-0.1, -0.05) is 6.07 Å².